The summed E-state index contributed by atoms with van der Waals surface area (Å²) in [6.45, 7) is -0.0514. The van der Waals surface area contributed by atoms with E-state index in [1.165, 1.54) is 18.6 Å². The molecule has 2 N–H and O–H groups in total. The van der Waals surface area contributed by atoms with Crippen LogP contribution in [0.1, 0.15) is 50.5 Å². The van der Waals surface area contributed by atoms with E-state index in [2.05, 4.69) is 5.32 Å². The maximum absolute atomic E-state index is 12.9. The number of hydrogen-bond acceptors (Lipinski definition) is 4. The number of carbonyl (C=O) groups is 2. The molecule has 5 rings (SSSR count). The number of amides is 1. The molecule has 1 aromatic carbocycles. The van der Waals surface area contributed by atoms with Gasteiger partial charge in [0.2, 0.25) is 0 Å². The van der Waals surface area contributed by atoms with Gasteiger partial charge in [0.05, 0.1) is 12.0 Å². The van der Waals surface area contributed by atoms with Crippen molar-refractivity contribution in [2.24, 2.45) is 17.3 Å². The van der Waals surface area contributed by atoms with Crippen LogP contribution in [-0.4, -0.2) is 29.2 Å². The molecule has 4 atom stereocenters. The summed E-state index contributed by atoms with van der Waals surface area (Å²) in [5, 5.41) is 13.4. The zero-order chi connectivity index (χ0) is 19.1. The number of esters is 1. The van der Waals surface area contributed by atoms with E-state index in [1.807, 2.05) is 0 Å². The fourth-order valence-corrected chi connectivity index (χ4v) is 5.97. The first-order valence-electron chi connectivity index (χ1n) is 9.72. The predicted molar refractivity (Wildman–Crippen MR) is 95.9 cm³/mol. The van der Waals surface area contributed by atoms with Crippen molar-refractivity contribution in [3.05, 3.63) is 35.6 Å². The third-order valence-corrected chi connectivity index (χ3v) is 6.44. The second-order valence-electron chi connectivity index (χ2n) is 8.93. The van der Waals surface area contributed by atoms with E-state index >= 15 is 0 Å². The van der Waals surface area contributed by atoms with Crippen LogP contribution in [0.2, 0.25) is 0 Å². The van der Waals surface area contributed by atoms with Crippen molar-refractivity contribution in [2.75, 3.05) is 6.61 Å². The molecule has 5 nitrogen and oxygen atoms in total. The highest BCUT2D eigenvalue weighted by molar-refractivity contribution is 5.80. The molecule has 4 bridgehead atoms. The van der Waals surface area contributed by atoms with E-state index in [9.17, 15) is 19.1 Å². The van der Waals surface area contributed by atoms with Crippen LogP contribution in [0.5, 0.6) is 0 Å². The normalized spacial score (nSPS) is 33.7. The van der Waals surface area contributed by atoms with Crippen molar-refractivity contribution in [2.45, 2.75) is 57.1 Å². The van der Waals surface area contributed by atoms with Crippen LogP contribution in [0.25, 0.3) is 0 Å². The minimum absolute atomic E-state index is 0.152. The third-order valence-electron chi connectivity index (χ3n) is 6.44. The molecule has 4 saturated carbocycles. The lowest BCUT2D eigenvalue weighted by molar-refractivity contribution is -0.177. The topological polar surface area (TPSA) is 75.6 Å². The number of halogens is 1. The molecule has 0 heterocycles. The summed E-state index contributed by atoms with van der Waals surface area (Å²) in [6.07, 6.45) is 5.84. The fourth-order valence-electron chi connectivity index (χ4n) is 5.97. The van der Waals surface area contributed by atoms with Crippen LogP contribution in [-0.2, 0) is 20.9 Å². The van der Waals surface area contributed by atoms with Crippen LogP contribution in [0.15, 0.2) is 24.3 Å². The molecule has 0 radical (unpaired) electrons. The van der Waals surface area contributed by atoms with Gasteiger partial charge in [-0.05, 0) is 73.5 Å². The minimum atomic E-state index is -0.600. The highest BCUT2D eigenvalue weighted by Crippen LogP contribution is 2.62. The van der Waals surface area contributed by atoms with E-state index in [0.29, 0.717) is 18.3 Å². The predicted octanol–water partition coefficient (Wildman–Crippen LogP) is 2.71. The van der Waals surface area contributed by atoms with Gasteiger partial charge in [0.1, 0.15) is 5.82 Å². The lowest BCUT2D eigenvalue weighted by atomic mass is 9.47. The largest absolute Gasteiger partial charge is 0.456 e. The molecule has 4 aliphatic rings. The molecular weight excluding hydrogens is 349 g/mol. The van der Waals surface area contributed by atoms with Gasteiger partial charge in [0, 0.05) is 6.54 Å². The molecule has 1 aromatic rings. The van der Waals surface area contributed by atoms with Gasteiger partial charge in [-0.25, -0.2) is 4.39 Å². The summed E-state index contributed by atoms with van der Waals surface area (Å²) in [5.41, 5.74) is 0.0232. The van der Waals surface area contributed by atoms with Crippen molar-refractivity contribution in [3.63, 3.8) is 0 Å². The number of carbonyl (C=O) groups excluding carboxylic acids is 2. The van der Waals surface area contributed by atoms with Crippen LogP contribution in [0, 0.1) is 23.1 Å². The molecule has 0 aromatic heterocycles. The summed E-state index contributed by atoms with van der Waals surface area (Å²) in [5.74, 6) is -0.0336. The Hall–Kier alpha value is -1.95. The Balaban J connectivity index is 1.24. The molecule has 4 fully saturated rings. The van der Waals surface area contributed by atoms with Crippen LogP contribution < -0.4 is 5.32 Å². The number of nitrogens with one attached hydrogen (secondary N) is 1. The fraction of sp³-hybridized carbons (Fsp3) is 0.619. The Morgan fingerprint density at radius 1 is 1.15 bits per heavy atom. The standard InChI is InChI=1S/C21H26FNO4/c22-17-3-1-14(2-4-17)11-23-18(24)12-27-19(25)10-20-6-15-5-16(7-20)9-21(26,8-15)13-20/h1-4,15-16,26H,5-13H2,(H,23,24)/t15-,16+,20?,21?. The van der Waals surface area contributed by atoms with Gasteiger partial charge in [0.15, 0.2) is 6.61 Å². The summed E-state index contributed by atoms with van der Waals surface area (Å²) in [6, 6.07) is 5.86. The first-order chi connectivity index (χ1) is 12.8. The Morgan fingerprint density at radius 3 is 2.44 bits per heavy atom. The van der Waals surface area contributed by atoms with E-state index in [-0.39, 0.29) is 42.7 Å². The van der Waals surface area contributed by atoms with Gasteiger partial charge < -0.3 is 15.2 Å². The zero-order valence-electron chi connectivity index (χ0n) is 15.4. The van der Waals surface area contributed by atoms with Gasteiger partial charge in [-0.15, -0.1) is 0 Å². The number of ether oxygens (including phenoxy) is 1. The summed E-state index contributed by atoms with van der Waals surface area (Å²) in [7, 11) is 0. The summed E-state index contributed by atoms with van der Waals surface area (Å²) in [4.78, 5) is 24.2. The van der Waals surface area contributed by atoms with E-state index in [1.54, 1.807) is 12.1 Å². The summed E-state index contributed by atoms with van der Waals surface area (Å²) < 4.78 is 18.1. The van der Waals surface area contributed by atoms with Crippen LogP contribution >= 0.6 is 0 Å². The van der Waals surface area contributed by atoms with Crippen molar-refractivity contribution in [1.29, 1.82) is 0 Å². The Labute approximate surface area is 158 Å². The van der Waals surface area contributed by atoms with E-state index in [4.69, 9.17) is 4.74 Å². The van der Waals surface area contributed by atoms with Gasteiger partial charge in [0.25, 0.3) is 5.91 Å². The van der Waals surface area contributed by atoms with E-state index < -0.39 is 5.60 Å². The van der Waals surface area contributed by atoms with Crippen molar-refractivity contribution < 1.29 is 23.8 Å². The molecular formula is C21H26FNO4. The smallest absolute Gasteiger partial charge is 0.306 e. The number of aliphatic hydroxyl groups is 1. The quantitative estimate of drug-likeness (QED) is 0.750. The Kier molecular flexibility index (Phi) is 4.70. The number of rotatable bonds is 6. The van der Waals surface area contributed by atoms with Crippen LogP contribution in [0.3, 0.4) is 0 Å². The van der Waals surface area contributed by atoms with Crippen molar-refractivity contribution >= 4 is 11.9 Å². The monoisotopic (exact) mass is 375 g/mol. The Bertz CT molecular complexity index is 718. The minimum Gasteiger partial charge on any atom is -0.456 e. The summed E-state index contributed by atoms with van der Waals surface area (Å²) >= 11 is 0. The van der Waals surface area contributed by atoms with E-state index in [0.717, 1.165) is 31.2 Å². The van der Waals surface area contributed by atoms with Gasteiger partial charge in [-0.2, -0.15) is 0 Å². The van der Waals surface area contributed by atoms with Gasteiger partial charge in [-0.1, -0.05) is 12.1 Å². The molecule has 0 saturated heterocycles. The third kappa shape index (κ3) is 4.15. The molecule has 0 aliphatic heterocycles. The highest BCUT2D eigenvalue weighted by atomic mass is 19.1. The molecule has 27 heavy (non-hydrogen) atoms. The lowest BCUT2D eigenvalue weighted by Crippen LogP contribution is -2.56. The second kappa shape index (κ2) is 6.89. The molecule has 1 amide bonds. The SMILES string of the molecule is O=C(COC(=O)CC12C[C@@H]3C[C@@H](CC(O)(C3)C1)C2)NCc1ccc(F)cc1. The van der Waals surface area contributed by atoms with Gasteiger partial charge in [-0.3, -0.25) is 9.59 Å². The maximum Gasteiger partial charge on any atom is 0.306 e. The molecule has 0 spiro atoms. The zero-order valence-corrected chi connectivity index (χ0v) is 15.4. The average Bonchev–Trinajstić information content (AvgIpc) is 2.57. The van der Waals surface area contributed by atoms with Crippen molar-refractivity contribution in [3.8, 4) is 0 Å². The van der Waals surface area contributed by atoms with Gasteiger partial charge >= 0.3 is 5.97 Å². The molecule has 4 aliphatic carbocycles. The molecule has 6 heteroatoms. The number of hydrogen-bond donors (Lipinski definition) is 2. The molecule has 2 unspecified atom stereocenters. The first-order valence-corrected chi connectivity index (χ1v) is 9.72. The second-order valence-corrected chi connectivity index (χ2v) is 8.93. The number of benzene rings is 1. The van der Waals surface area contributed by atoms with Crippen molar-refractivity contribution in [1.82, 2.24) is 5.32 Å². The maximum atomic E-state index is 12.9. The van der Waals surface area contributed by atoms with Crippen LogP contribution in [0.4, 0.5) is 4.39 Å². The average molecular weight is 375 g/mol. The first kappa shape index (κ1) is 18.4. The highest BCUT2D eigenvalue weighted by Gasteiger charge is 2.57. The molecule has 146 valence electrons. The lowest BCUT2D eigenvalue weighted by Gasteiger charge is -2.60. The Morgan fingerprint density at radius 2 is 1.81 bits per heavy atom.